The van der Waals surface area contributed by atoms with Gasteiger partial charge in [-0.05, 0) is 38.0 Å². The van der Waals surface area contributed by atoms with Gasteiger partial charge >= 0.3 is 0 Å². The first-order chi connectivity index (χ1) is 10.5. The predicted molar refractivity (Wildman–Crippen MR) is 83.2 cm³/mol. The van der Waals surface area contributed by atoms with Gasteiger partial charge in [0.25, 0.3) is 5.91 Å². The van der Waals surface area contributed by atoms with Gasteiger partial charge in [-0.25, -0.2) is 13.9 Å². The summed E-state index contributed by atoms with van der Waals surface area (Å²) in [6, 6.07) is 4.13. The molecule has 1 aliphatic heterocycles. The zero-order valence-corrected chi connectivity index (χ0v) is 13.9. The number of hydrogen-bond donors (Lipinski definition) is 1. The largest absolute Gasteiger partial charge is 0.276 e. The Balaban J connectivity index is 2.30. The second-order valence-electron chi connectivity index (χ2n) is 4.97. The van der Waals surface area contributed by atoms with E-state index >= 15 is 0 Å². The van der Waals surface area contributed by atoms with Crippen molar-refractivity contribution in [2.75, 3.05) is 19.7 Å². The number of hydrogen-bond acceptors (Lipinski definition) is 4. The highest BCUT2D eigenvalue weighted by molar-refractivity contribution is 7.89. The van der Waals surface area contributed by atoms with Crippen molar-refractivity contribution in [2.45, 2.75) is 31.1 Å². The number of rotatable bonds is 5. The maximum atomic E-state index is 12.6. The Labute approximate surface area is 135 Å². The number of hydroxylamine groups is 1. The molecule has 0 unspecified atom stereocenters. The number of piperidine rings is 1. The molecule has 1 fully saturated rings. The lowest BCUT2D eigenvalue weighted by atomic mass is 10.2. The summed E-state index contributed by atoms with van der Waals surface area (Å²) in [4.78, 5) is 16.8. The number of carbonyl (C=O) groups excluding carboxylic acids is 1. The van der Waals surface area contributed by atoms with Gasteiger partial charge in [0.05, 0.1) is 22.1 Å². The third-order valence-electron chi connectivity index (χ3n) is 3.44. The fourth-order valence-corrected chi connectivity index (χ4v) is 4.03. The van der Waals surface area contributed by atoms with Gasteiger partial charge in [-0.3, -0.25) is 9.63 Å². The van der Waals surface area contributed by atoms with Crippen LogP contribution in [0.5, 0.6) is 0 Å². The third kappa shape index (κ3) is 3.78. The van der Waals surface area contributed by atoms with Crippen LogP contribution in [0.4, 0.5) is 0 Å². The van der Waals surface area contributed by atoms with Crippen molar-refractivity contribution in [3.05, 3.63) is 28.8 Å². The molecule has 22 heavy (non-hydrogen) atoms. The Morgan fingerprint density at radius 3 is 2.64 bits per heavy atom. The molecule has 0 aromatic heterocycles. The Bertz CT molecular complexity index is 642. The van der Waals surface area contributed by atoms with Crippen LogP contribution in [0.3, 0.4) is 0 Å². The second kappa shape index (κ2) is 7.41. The molecule has 2 rings (SSSR count). The van der Waals surface area contributed by atoms with Crippen molar-refractivity contribution in [3.8, 4) is 0 Å². The average Bonchev–Trinajstić information content (AvgIpc) is 2.53. The van der Waals surface area contributed by atoms with E-state index in [2.05, 4.69) is 5.48 Å². The number of nitrogens with one attached hydrogen (secondary N) is 1. The van der Waals surface area contributed by atoms with E-state index in [-0.39, 0.29) is 15.5 Å². The highest BCUT2D eigenvalue weighted by Gasteiger charge is 2.27. The molecule has 1 saturated heterocycles. The molecule has 1 aliphatic rings. The van der Waals surface area contributed by atoms with Crippen LogP contribution in [-0.4, -0.2) is 38.3 Å². The van der Waals surface area contributed by atoms with E-state index in [1.165, 1.54) is 22.5 Å². The summed E-state index contributed by atoms with van der Waals surface area (Å²) in [6.07, 6.45) is 2.74. The summed E-state index contributed by atoms with van der Waals surface area (Å²) in [5.74, 6) is -0.567. The highest BCUT2D eigenvalue weighted by atomic mass is 35.5. The van der Waals surface area contributed by atoms with Crippen molar-refractivity contribution in [1.82, 2.24) is 9.79 Å². The van der Waals surface area contributed by atoms with Gasteiger partial charge in [-0.2, -0.15) is 4.31 Å². The van der Waals surface area contributed by atoms with Crippen LogP contribution in [0.15, 0.2) is 23.1 Å². The maximum Gasteiger partial charge on any atom is 0.276 e. The Kier molecular flexibility index (Phi) is 5.80. The van der Waals surface area contributed by atoms with Crippen LogP contribution in [0.25, 0.3) is 0 Å². The molecular formula is C14H19ClN2O4S. The van der Waals surface area contributed by atoms with Crippen LogP contribution >= 0.6 is 11.6 Å². The first kappa shape index (κ1) is 17.2. The van der Waals surface area contributed by atoms with Crippen LogP contribution in [0, 0.1) is 0 Å². The number of halogens is 1. The Morgan fingerprint density at radius 2 is 2.00 bits per heavy atom. The van der Waals surface area contributed by atoms with E-state index in [4.69, 9.17) is 16.4 Å². The number of nitrogens with zero attached hydrogens (tertiary/aromatic N) is 1. The minimum Gasteiger partial charge on any atom is -0.274 e. The molecule has 0 atom stereocenters. The van der Waals surface area contributed by atoms with Crippen molar-refractivity contribution >= 4 is 27.5 Å². The van der Waals surface area contributed by atoms with E-state index in [1.807, 2.05) is 0 Å². The quantitative estimate of drug-likeness (QED) is 0.829. The average molecular weight is 347 g/mol. The molecule has 0 aliphatic carbocycles. The maximum absolute atomic E-state index is 12.6. The molecule has 122 valence electrons. The van der Waals surface area contributed by atoms with Crippen molar-refractivity contribution in [2.24, 2.45) is 0 Å². The van der Waals surface area contributed by atoms with Crippen molar-refractivity contribution in [1.29, 1.82) is 0 Å². The fourth-order valence-electron chi connectivity index (χ4n) is 2.29. The number of benzene rings is 1. The third-order valence-corrected chi connectivity index (χ3v) is 5.67. The number of amides is 1. The molecule has 0 bridgehead atoms. The first-order valence-electron chi connectivity index (χ1n) is 7.18. The van der Waals surface area contributed by atoms with E-state index in [1.54, 1.807) is 6.92 Å². The van der Waals surface area contributed by atoms with Gasteiger partial charge < -0.3 is 0 Å². The van der Waals surface area contributed by atoms with Crippen LogP contribution in [-0.2, 0) is 14.9 Å². The van der Waals surface area contributed by atoms with Gasteiger partial charge in [-0.1, -0.05) is 18.0 Å². The Hall–Kier alpha value is -1.15. The van der Waals surface area contributed by atoms with Crippen LogP contribution in [0.1, 0.15) is 36.5 Å². The molecular weight excluding hydrogens is 328 g/mol. The zero-order valence-electron chi connectivity index (χ0n) is 12.3. The van der Waals surface area contributed by atoms with Gasteiger partial charge in [-0.15, -0.1) is 0 Å². The summed E-state index contributed by atoms with van der Waals surface area (Å²) in [5, 5.41) is 0.176. The minimum absolute atomic E-state index is 0.0699. The minimum atomic E-state index is -3.60. The standard InChI is InChI=1S/C14H19ClN2O4S/c1-2-21-16-14(18)12-10-11(6-7-13(12)15)22(19,20)17-8-4-3-5-9-17/h6-7,10H,2-5,8-9H2,1H3,(H,16,18). The molecule has 1 N–H and O–H groups in total. The lowest BCUT2D eigenvalue weighted by molar-refractivity contribution is 0.0364. The monoisotopic (exact) mass is 346 g/mol. The van der Waals surface area contributed by atoms with E-state index in [0.717, 1.165) is 19.3 Å². The molecule has 1 amide bonds. The summed E-state index contributed by atoms with van der Waals surface area (Å²) in [7, 11) is -3.60. The predicted octanol–water partition coefficient (Wildman–Crippen LogP) is 2.20. The van der Waals surface area contributed by atoms with Crippen LogP contribution in [0.2, 0.25) is 5.02 Å². The summed E-state index contributed by atoms with van der Waals surface area (Å²) in [6.45, 7) is 3.03. The van der Waals surface area contributed by atoms with Crippen LogP contribution < -0.4 is 5.48 Å². The molecule has 1 aromatic rings. The van der Waals surface area contributed by atoms with Gasteiger partial charge in [0, 0.05) is 13.1 Å². The van der Waals surface area contributed by atoms with Crippen molar-refractivity contribution in [3.63, 3.8) is 0 Å². The molecule has 1 aromatic carbocycles. The molecule has 0 radical (unpaired) electrons. The van der Waals surface area contributed by atoms with Gasteiger partial charge in [0.15, 0.2) is 0 Å². The van der Waals surface area contributed by atoms with E-state index in [0.29, 0.717) is 19.7 Å². The molecule has 1 heterocycles. The highest BCUT2D eigenvalue weighted by Crippen LogP contribution is 2.25. The summed E-state index contributed by atoms with van der Waals surface area (Å²) < 4.78 is 26.7. The first-order valence-corrected chi connectivity index (χ1v) is 9.00. The lowest BCUT2D eigenvalue weighted by Gasteiger charge is -2.26. The number of carbonyl (C=O) groups is 1. The molecule has 8 heteroatoms. The summed E-state index contributed by atoms with van der Waals surface area (Å²) in [5.41, 5.74) is 2.29. The van der Waals surface area contributed by atoms with E-state index in [9.17, 15) is 13.2 Å². The SMILES string of the molecule is CCONC(=O)c1cc(S(=O)(=O)N2CCCCC2)ccc1Cl. The van der Waals surface area contributed by atoms with Crippen molar-refractivity contribution < 1.29 is 18.0 Å². The smallest absolute Gasteiger partial charge is 0.274 e. The van der Waals surface area contributed by atoms with Gasteiger partial charge in [0.2, 0.25) is 10.0 Å². The lowest BCUT2D eigenvalue weighted by Crippen LogP contribution is -2.35. The topological polar surface area (TPSA) is 75.7 Å². The fraction of sp³-hybridized carbons (Fsp3) is 0.500. The number of sulfonamides is 1. The molecule has 0 spiro atoms. The van der Waals surface area contributed by atoms with Gasteiger partial charge in [0.1, 0.15) is 0 Å². The normalized spacial score (nSPS) is 16.5. The molecule has 0 saturated carbocycles. The molecule has 6 nitrogen and oxygen atoms in total. The van der Waals surface area contributed by atoms with E-state index < -0.39 is 15.9 Å². The zero-order chi connectivity index (χ0) is 16.2. The summed E-state index contributed by atoms with van der Waals surface area (Å²) >= 11 is 5.98. The Morgan fingerprint density at radius 1 is 1.32 bits per heavy atom. The second-order valence-corrected chi connectivity index (χ2v) is 7.32.